The maximum Gasteiger partial charge on any atom is 0.433 e. The van der Waals surface area contributed by atoms with Gasteiger partial charge in [-0.3, -0.25) is 24.0 Å². The summed E-state index contributed by atoms with van der Waals surface area (Å²) in [5.74, 6) is -0.752. The van der Waals surface area contributed by atoms with E-state index in [1.807, 2.05) is 6.08 Å². The number of carboxylic acids is 1. The van der Waals surface area contributed by atoms with Gasteiger partial charge in [0.05, 0.1) is 12.7 Å². The van der Waals surface area contributed by atoms with Crippen LogP contribution in [0, 0.1) is 15.5 Å². The van der Waals surface area contributed by atoms with Crippen molar-refractivity contribution in [3.8, 4) is 0 Å². The minimum absolute atomic E-state index is 0.00184. The zero-order valence-electron chi connectivity index (χ0n) is 27.3. The van der Waals surface area contributed by atoms with Gasteiger partial charge in [-0.15, -0.1) is 11.6 Å². The third-order valence-corrected chi connectivity index (χ3v) is 9.22. The van der Waals surface area contributed by atoms with Gasteiger partial charge in [-0.25, -0.2) is 9.24 Å². The summed E-state index contributed by atoms with van der Waals surface area (Å²) in [4.78, 5) is 21.4. The number of allylic oxidation sites excluding steroid dienone is 5. The molecule has 0 amide bonds. The van der Waals surface area contributed by atoms with Crippen molar-refractivity contribution in [3.05, 3.63) is 63.0 Å². The lowest BCUT2D eigenvalue weighted by molar-refractivity contribution is -0.402. The van der Waals surface area contributed by atoms with Crippen molar-refractivity contribution in [3.63, 3.8) is 0 Å². The SMILES string of the molecule is CC(C)=CCC/C(C)=C/CC/C(=C/CO[P@](=O)(OCc1ccc([N+](=O)[O-])o1)N(CCCCCl)CCCCC(=O)O)C(C)(C)C. The molecule has 1 aromatic heterocycles. The zero-order chi connectivity index (χ0) is 33.2. The van der Waals surface area contributed by atoms with Crippen molar-refractivity contribution in [1.82, 2.24) is 4.67 Å². The van der Waals surface area contributed by atoms with Crippen molar-refractivity contribution < 1.29 is 32.9 Å². The fraction of sp³-hybridized carbons (Fsp3) is 0.656. The van der Waals surface area contributed by atoms with Crippen LogP contribution in [0.2, 0.25) is 0 Å². The normalized spacial score (nSPS) is 14.1. The summed E-state index contributed by atoms with van der Waals surface area (Å²) in [6.45, 7) is 13.1. The molecule has 0 saturated heterocycles. The van der Waals surface area contributed by atoms with Crippen LogP contribution in [0.4, 0.5) is 5.88 Å². The van der Waals surface area contributed by atoms with E-state index in [0.29, 0.717) is 38.1 Å². The van der Waals surface area contributed by atoms with Crippen LogP contribution in [-0.2, 0) is 25.0 Å². The third kappa shape index (κ3) is 16.7. The van der Waals surface area contributed by atoms with Gasteiger partial charge in [-0.05, 0) is 83.6 Å². The molecule has 0 aliphatic carbocycles. The number of aliphatic carboxylic acids is 1. The first-order valence-corrected chi connectivity index (χ1v) is 17.3. The van der Waals surface area contributed by atoms with Crippen molar-refractivity contribution in [1.29, 1.82) is 0 Å². The summed E-state index contributed by atoms with van der Waals surface area (Å²) >= 11 is 5.89. The van der Waals surface area contributed by atoms with Crippen LogP contribution in [0.3, 0.4) is 0 Å². The van der Waals surface area contributed by atoms with Crippen LogP contribution >= 0.6 is 19.3 Å². The van der Waals surface area contributed by atoms with E-state index in [1.54, 1.807) is 4.67 Å². The molecule has 0 aromatic carbocycles. The summed E-state index contributed by atoms with van der Waals surface area (Å²) in [6, 6.07) is 2.62. The first kappa shape index (κ1) is 39.8. The molecule has 1 N–H and O–H groups in total. The largest absolute Gasteiger partial charge is 0.481 e. The smallest absolute Gasteiger partial charge is 0.433 e. The fourth-order valence-corrected chi connectivity index (χ4v) is 6.30. The Labute approximate surface area is 268 Å². The standard InChI is InChI=1S/C32H52ClN2O8P/c1-26(2)13-11-14-27(3)15-12-16-28(32(4,5)6)20-24-41-44(40,42-25-29-18-19-30(43-29)35(38)39)34(23-10-8-21-33)22-9-7-17-31(36)37/h13,15,18-20H,7-12,14,16-17,21-25H2,1-6H3,(H,36,37)/b27-15+,28-20-/t44-/m0/s1. The summed E-state index contributed by atoms with van der Waals surface area (Å²) in [7, 11) is -3.93. The molecular formula is C32H52ClN2O8P. The summed E-state index contributed by atoms with van der Waals surface area (Å²) in [5, 5.41) is 20.1. The Balaban J connectivity index is 3.14. The van der Waals surface area contributed by atoms with Crippen LogP contribution in [0.15, 0.2) is 51.5 Å². The lowest BCUT2D eigenvalue weighted by atomic mass is 9.83. The Morgan fingerprint density at radius 3 is 2.25 bits per heavy atom. The van der Waals surface area contributed by atoms with Crippen LogP contribution < -0.4 is 0 Å². The molecular weight excluding hydrogens is 607 g/mol. The van der Waals surface area contributed by atoms with E-state index < -0.39 is 24.5 Å². The molecule has 10 nitrogen and oxygen atoms in total. The summed E-state index contributed by atoms with van der Waals surface area (Å²) in [6.07, 6.45) is 12.4. The number of nitro groups is 1. The second-order valence-corrected chi connectivity index (χ2v) is 14.5. The molecule has 12 heteroatoms. The Morgan fingerprint density at radius 1 is 1.02 bits per heavy atom. The van der Waals surface area contributed by atoms with Gasteiger partial charge < -0.3 is 9.52 Å². The minimum atomic E-state index is -3.93. The Bertz CT molecular complexity index is 1170. The van der Waals surface area contributed by atoms with E-state index in [1.165, 1.54) is 23.3 Å². The molecule has 0 aliphatic rings. The van der Waals surface area contributed by atoms with E-state index >= 15 is 0 Å². The summed E-state index contributed by atoms with van der Waals surface area (Å²) < 4.78 is 33.1. The second kappa shape index (κ2) is 20.7. The maximum absolute atomic E-state index is 14.3. The van der Waals surface area contributed by atoms with E-state index in [4.69, 9.17) is 30.2 Å². The highest BCUT2D eigenvalue weighted by atomic mass is 35.5. The van der Waals surface area contributed by atoms with Gasteiger partial charge in [0.25, 0.3) is 0 Å². The first-order valence-electron chi connectivity index (χ1n) is 15.3. The van der Waals surface area contributed by atoms with E-state index in [2.05, 4.69) is 53.7 Å². The average Bonchev–Trinajstić information content (AvgIpc) is 3.41. The second-order valence-electron chi connectivity index (χ2n) is 12.1. The molecule has 0 unspecified atom stereocenters. The van der Waals surface area contributed by atoms with Crippen LogP contribution in [0.1, 0.15) is 105 Å². The molecule has 250 valence electrons. The fourth-order valence-electron chi connectivity index (χ4n) is 4.38. The monoisotopic (exact) mass is 658 g/mol. The Kier molecular flexibility index (Phi) is 18.8. The Morgan fingerprint density at radius 2 is 1.68 bits per heavy atom. The van der Waals surface area contributed by atoms with Crippen LogP contribution in [-0.4, -0.2) is 46.2 Å². The van der Waals surface area contributed by atoms with E-state index in [-0.39, 0.29) is 37.4 Å². The number of nitrogens with zero attached hydrogens (tertiary/aromatic N) is 2. The predicted molar refractivity (Wildman–Crippen MR) is 176 cm³/mol. The third-order valence-electron chi connectivity index (χ3n) is 6.93. The molecule has 0 aliphatic heterocycles. The number of hydrogen-bond donors (Lipinski definition) is 1. The highest BCUT2D eigenvalue weighted by molar-refractivity contribution is 7.51. The van der Waals surface area contributed by atoms with Gasteiger partial charge in [0.15, 0.2) is 0 Å². The molecule has 0 radical (unpaired) electrons. The predicted octanol–water partition coefficient (Wildman–Crippen LogP) is 9.85. The molecule has 0 bridgehead atoms. The molecule has 1 heterocycles. The molecule has 1 aromatic rings. The minimum Gasteiger partial charge on any atom is -0.481 e. The number of carbonyl (C=O) groups is 1. The summed E-state index contributed by atoms with van der Waals surface area (Å²) in [5.41, 5.74) is 3.69. The maximum atomic E-state index is 14.3. The van der Waals surface area contributed by atoms with Crippen LogP contribution in [0.25, 0.3) is 0 Å². The number of rotatable bonds is 23. The number of alkyl halides is 1. The highest BCUT2D eigenvalue weighted by Crippen LogP contribution is 2.53. The number of carboxylic acid groups (broad SMARTS) is 1. The van der Waals surface area contributed by atoms with Gasteiger partial charge in [0.1, 0.15) is 17.3 Å². The van der Waals surface area contributed by atoms with Gasteiger partial charge in [0.2, 0.25) is 0 Å². The Hall–Kier alpha value is -2.23. The molecule has 0 saturated carbocycles. The van der Waals surface area contributed by atoms with Gasteiger partial charge >= 0.3 is 19.6 Å². The number of unbranched alkanes of at least 4 members (excludes halogenated alkanes) is 2. The van der Waals surface area contributed by atoms with Gasteiger partial charge in [0, 0.05) is 25.4 Å². The van der Waals surface area contributed by atoms with Crippen molar-refractivity contribution in [2.24, 2.45) is 5.41 Å². The van der Waals surface area contributed by atoms with Crippen molar-refractivity contribution in [2.45, 2.75) is 106 Å². The van der Waals surface area contributed by atoms with Crippen molar-refractivity contribution >= 4 is 31.2 Å². The first-order chi connectivity index (χ1) is 20.7. The molecule has 1 rings (SSSR count). The van der Waals surface area contributed by atoms with Gasteiger partial charge in [-0.2, -0.15) is 0 Å². The average molecular weight is 659 g/mol. The lowest BCUT2D eigenvalue weighted by Gasteiger charge is -2.30. The van der Waals surface area contributed by atoms with E-state index in [9.17, 15) is 19.5 Å². The zero-order valence-corrected chi connectivity index (χ0v) is 29.0. The molecule has 0 fully saturated rings. The molecule has 0 spiro atoms. The molecule has 44 heavy (non-hydrogen) atoms. The topological polar surface area (TPSA) is 132 Å². The number of furan rings is 1. The van der Waals surface area contributed by atoms with Crippen LogP contribution in [0.5, 0.6) is 0 Å². The molecule has 1 atom stereocenters. The quantitative estimate of drug-likeness (QED) is 0.0304. The van der Waals surface area contributed by atoms with E-state index in [0.717, 1.165) is 31.3 Å². The highest BCUT2D eigenvalue weighted by Gasteiger charge is 2.34. The number of hydrogen-bond acceptors (Lipinski definition) is 7. The lowest BCUT2D eigenvalue weighted by Crippen LogP contribution is -2.26. The van der Waals surface area contributed by atoms with Gasteiger partial charge in [-0.1, -0.05) is 55.7 Å². The van der Waals surface area contributed by atoms with Crippen molar-refractivity contribution in [2.75, 3.05) is 25.6 Å². The number of halogens is 1.